The van der Waals surface area contributed by atoms with Gasteiger partial charge in [-0.2, -0.15) is 0 Å². The molecule has 0 aliphatic heterocycles. The first-order valence-corrected chi connectivity index (χ1v) is 8.71. The smallest absolute Gasteiger partial charge is 0.254 e. The standard InChI is InChI=1S/C18H22N2O2S/c1-11-3-8-14-15(9-11)23-17(19)16(14)18(21)20-10-12-4-6-13(22-2)7-5-12/h4-7,11H,3,8-10,19H2,1-2H3,(H,20,21). The van der Waals surface area contributed by atoms with Crippen LogP contribution in [0.15, 0.2) is 24.3 Å². The van der Waals surface area contributed by atoms with E-state index in [4.69, 9.17) is 10.5 Å². The summed E-state index contributed by atoms with van der Waals surface area (Å²) in [6.07, 6.45) is 3.12. The first-order valence-electron chi connectivity index (χ1n) is 7.89. The van der Waals surface area contributed by atoms with Gasteiger partial charge in [-0.3, -0.25) is 4.79 Å². The van der Waals surface area contributed by atoms with Gasteiger partial charge in [0.1, 0.15) is 5.75 Å². The third-order valence-electron chi connectivity index (χ3n) is 4.38. The number of fused-ring (bicyclic) bond motifs is 1. The summed E-state index contributed by atoms with van der Waals surface area (Å²) in [4.78, 5) is 13.9. The second kappa shape index (κ2) is 6.62. The molecule has 1 aliphatic carbocycles. The maximum absolute atomic E-state index is 12.6. The van der Waals surface area contributed by atoms with Crippen LogP contribution in [0.4, 0.5) is 5.00 Å². The van der Waals surface area contributed by atoms with E-state index in [-0.39, 0.29) is 5.91 Å². The minimum Gasteiger partial charge on any atom is -0.497 e. The molecule has 1 unspecified atom stereocenters. The summed E-state index contributed by atoms with van der Waals surface area (Å²) in [5.74, 6) is 1.42. The molecule has 1 aromatic heterocycles. The number of benzene rings is 1. The Morgan fingerprint density at radius 1 is 1.39 bits per heavy atom. The fourth-order valence-electron chi connectivity index (χ4n) is 3.04. The number of carbonyl (C=O) groups is 1. The molecule has 5 heteroatoms. The number of carbonyl (C=O) groups excluding carboxylic acids is 1. The maximum atomic E-state index is 12.6. The zero-order valence-corrected chi connectivity index (χ0v) is 14.3. The van der Waals surface area contributed by atoms with Gasteiger partial charge in [0.05, 0.1) is 17.7 Å². The fourth-order valence-corrected chi connectivity index (χ4v) is 4.31. The van der Waals surface area contributed by atoms with Crippen LogP contribution in [0, 0.1) is 5.92 Å². The Bertz CT molecular complexity index is 707. The van der Waals surface area contributed by atoms with Crippen molar-refractivity contribution in [2.24, 2.45) is 5.92 Å². The lowest BCUT2D eigenvalue weighted by Crippen LogP contribution is -2.25. The van der Waals surface area contributed by atoms with Crippen molar-refractivity contribution < 1.29 is 9.53 Å². The van der Waals surface area contributed by atoms with Gasteiger partial charge in [0.2, 0.25) is 0 Å². The molecule has 0 saturated carbocycles. The largest absolute Gasteiger partial charge is 0.497 e. The van der Waals surface area contributed by atoms with Crippen LogP contribution in [0.5, 0.6) is 5.75 Å². The molecule has 4 nitrogen and oxygen atoms in total. The molecular formula is C18H22N2O2S. The molecule has 0 spiro atoms. The number of hydrogen-bond acceptors (Lipinski definition) is 4. The van der Waals surface area contributed by atoms with Gasteiger partial charge in [0.15, 0.2) is 0 Å². The van der Waals surface area contributed by atoms with Crippen molar-refractivity contribution in [2.45, 2.75) is 32.7 Å². The van der Waals surface area contributed by atoms with Crippen LogP contribution in [0.1, 0.15) is 39.7 Å². The van der Waals surface area contributed by atoms with E-state index in [0.717, 1.165) is 36.1 Å². The molecule has 23 heavy (non-hydrogen) atoms. The molecule has 1 heterocycles. The van der Waals surface area contributed by atoms with Crippen LogP contribution in [-0.2, 0) is 19.4 Å². The zero-order chi connectivity index (χ0) is 16.4. The van der Waals surface area contributed by atoms with Crippen LogP contribution in [0.25, 0.3) is 0 Å². The Kier molecular flexibility index (Phi) is 4.57. The minimum absolute atomic E-state index is 0.0645. The summed E-state index contributed by atoms with van der Waals surface area (Å²) in [7, 11) is 1.64. The lowest BCUT2D eigenvalue weighted by atomic mass is 9.88. The van der Waals surface area contributed by atoms with Crippen LogP contribution in [0.3, 0.4) is 0 Å². The molecular weight excluding hydrogens is 308 g/mol. The number of rotatable bonds is 4. The van der Waals surface area contributed by atoms with Crippen LogP contribution >= 0.6 is 11.3 Å². The Balaban J connectivity index is 1.71. The molecule has 1 atom stereocenters. The van der Waals surface area contributed by atoms with E-state index in [2.05, 4.69) is 12.2 Å². The summed E-state index contributed by atoms with van der Waals surface area (Å²) in [5, 5.41) is 3.64. The van der Waals surface area contributed by atoms with Gasteiger partial charge in [0.25, 0.3) is 5.91 Å². The van der Waals surface area contributed by atoms with E-state index in [1.54, 1.807) is 18.4 Å². The van der Waals surface area contributed by atoms with Gasteiger partial charge in [-0.15, -0.1) is 11.3 Å². The van der Waals surface area contributed by atoms with Crippen LogP contribution in [0.2, 0.25) is 0 Å². The molecule has 1 aromatic carbocycles. The molecule has 0 saturated heterocycles. The Labute approximate surface area is 140 Å². The van der Waals surface area contributed by atoms with E-state index in [0.29, 0.717) is 23.0 Å². The first-order chi connectivity index (χ1) is 11.1. The van der Waals surface area contributed by atoms with E-state index < -0.39 is 0 Å². The third kappa shape index (κ3) is 3.34. The van der Waals surface area contributed by atoms with E-state index in [1.165, 1.54) is 4.88 Å². The van der Waals surface area contributed by atoms with Gasteiger partial charge in [-0.25, -0.2) is 0 Å². The number of thiophene rings is 1. The summed E-state index contributed by atoms with van der Waals surface area (Å²) in [6.45, 7) is 2.74. The topological polar surface area (TPSA) is 64.3 Å². The second-order valence-corrected chi connectivity index (χ2v) is 7.26. The number of nitrogens with one attached hydrogen (secondary N) is 1. The summed E-state index contributed by atoms with van der Waals surface area (Å²) in [6, 6.07) is 7.69. The second-order valence-electron chi connectivity index (χ2n) is 6.12. The number of anilines is 1. The summed E-state index contributed by atoms with van der Waals surface area (Å²) in [5.41, 5.74) is 9.02. The number of hydrogen-bond donors (Lipinski definition) is 2. The lowest BCUT2D eigenvalue weighted by Gasteiger charge is -2.18. The molecule has 3 rings (SSSR count). The molecule has 1 amide bonds. The minimum atomic E-state index is -0.0645. The maximum Gasteiger partial charge on any atom is 0.254 e. The molecule has 3 N–H and O–H groups in total. The normalized spacial score (nSPS) is 16.7. The number of nitrogens with two attached hydrogens (primary N) is 1. The zero-order valence-electron chi connectivity index (χ0n) is 13.5. The molecule has 2 aromatic rings. The van der Waals surface area contributed by atoms with E-state index in [9.17, 15) is 4.79 Å². The highest BCUT2D eigenvalue weighted by molar-refractivity contribution is 7.16. The Hall–Kier alpha value is -2.01. The van der Waals surface area contributed by atoms with Crippen molar-refractivity contribution in [2.75, 3.05) is 12.8 Å². The average Bonchev–Trinajstić information content (AvgIpc) is 2.88. The van der Waals surface area contributed by atoms with Crippen molar-refractivity contribution in [3.05, 3.63) is 45.8 Å². The van der Waals surface area contributed by atoms with Crippen LogP contribution < -0.4 is 15.8 Å². The molecule has 1 aliphatic rings. The molecule has 0 radical (unpaired) electrons. The van der Waals surface area contributed by atoms with Crippen molar-refractivity contribution in [3.63, 3.8) is 0 Å². The van der Waals surface area contributed by atoms with Gasteiger partial charge in [0, 0.05) is 11.4 Å². The highest BCUT2D eigenvalue weighted by Crippen LogP contribution is 2.37. The van der Waals surface area contributed by atoms with Gasteiger partial charge >= 0.3 is 0 Å². The van der Waals surface area contributed by atoms with Gasteiger partial charge in [-0.05, 0) is 48.4 Å². The average molecular weight is 330 g/mol. The predicted octanol–water partition coefficient (Wildman–Crippen LogP) is 3.39. The van der Waals surface area contributed by atoms with Crippen molar-refractivity contribution in [1.29, 1.82) is 0 Å². The molecule has 0 fully saturated rings. The predicted molar refractivity (Wildman–Crippen MR) is 94.1 cm³/mol. The number of ether oxygens (including phenoxy) is 1. The highest BCUT2D eigenvalue weighted by Gasteiger charge is 2.26. The Morgan fingerprint density at radius 2 is 2.13 bits per heavy atom. The Morgan fingerprint density at radius 3 is 2.83 bits per heavy atom. The quantitative estimate of drug-likeness (QED) is 0.903. The third-order valence-corrected chi connectivity index (χ3v) is 5.46. The number of nitrogen functional groups attached to an aromatic ring is 1. The molecule has 0 bridgehead atoms. The van der Waals surface area contributed by atoms with Crippen molar-refractivity contribution in [1.82, 2.24) is 5.32 Å². The van der Waals surface area contributed by atoms with E-state index >= 15 is 0 Å². The highest BCUT2D eigenvalue weighted by atomic mass is 32.1. The number of amides is 1. The monoisotopic (exact) mass is 330 g/mol. The van der Waals surface area contributed by atoms with Crippen LogP contribution in [-0.4, -0.2) is 13.0 Å². The lowest BCUT2D eigenvalue weighted by molar-refractivity contribution is 0.0951. The first kappa shape index (κ1) is 15.9. The SMILES string of the molecule is COc1ccc(CNC(=O)c2c(N)sc3c2CCC(C)C3)cc1. The fraction of sp³-hybridized carbons (Fsp3) is 0.389. The summed E-state index contributed by atoms with van der Waals surface area (Å²) >= 11 is 1.58. The van der Waals surface area contributed by atoms with Gasteiger partial charge < -0.3 is 15.8 Å². The number of methoxy groups -OCH3 is 1. The van der Waals surface area contributed by atoms with E-state index in [1.807, 2.05) is 24.3 Å². The van der Waals surface area contributed by atoms with Gasteiger partial charge in [-0.1, -0.05) is 19.1 Å². The van der Waals surface area contributed by atoms with Crippen molar-refractivity contribution in [3.8, 4) is 5.75 Å². The molecule has 122 valence electrons. The summed E-state index contributed by atoms with van der Waals surface area (Å²) < 4.78 is 5.14. The van der Waals surface area contributed by atoms with Crippen molar-refractivity contribution >= 4 is 22.2 Å².